The number of hydrogen-bond acceptors (Lipinski definition) is 6. The van der Waals surface area contributed by atoms with Crippen molar-refractivity contribution >= 4 is 11.5 Å². The Morgan fingerprint density at radius 3 is 2.00 bits per heavy atom. The van der Waals surface area contributed by atoms with Gasteiger partial charge in [-0.25, -0.2) is 4.98 Å². The van der Waals surface area contributed by atoms with Gasteiger partial charge < -0.3 is 9.64 Å². The third-order valence-electron chi connectivity index (χ3n) is 5.38. The highest BCUT2D eigenvalue weighted by Crippen LogP contribution is 2.37. The number of anilines is 1. The first-order valence-electron chi connectivity index (χ1n) is 10.6. The lowest BCUT2D eigenvalue weighted by molar-refractivity contribution is -0.385. The fourth-order valence-electron chi connectivity index (χ4n) is 3.52. The van der Waals surface area contributed by atoms with Crippen molar-refractivity contribution in [1.29, 1.82) is 0 Å². The summed E-state index contributed by atoms with van der Waals surface area (Å²) in [6.45, 7) is 4.84. The van der Waals surface area contributed by atoms with Crippen molar-refractivity contribution in [2.45, 2.75) is 26.9 Å². The Labute approximate surface area is 192 Å². The monoisotopic (exact) mass is 440 g/mol. The first-order chi connectivity index (χ1) is 16.0. The van der Waals surface area contributed by atoms with E-state index in [9.17, 15) is 10.1 Å². The predicted molar refractivity (Wildman–Crippen MR) is 127 cm³/mol. The Balaban J connectivity index is 1.75. The topological polar surface area (TPSA) is 81.4 Å². The molecule has 0 bridgehead atoms. The summed E-state index contributed by atoms with van der Waals surface area (Å²) in [6, 6.07) is 25.1. The molecular formula is C26H24N4O3. The van der Waals surface area contributed by atoms with Gasteiger partial charge in [-0.05, 0) is 48.2 Å². The van der Waals surface area contributed by atoms with Crippen LogP contribution in [-0.4, -0.2) is 14.9 Å². The molecule has 1 aromatic heterocycles. The van der Waals surface area contributed by atoms with E-state index in [0.29, 0.717) is 18.8 Å². The number of aryl methyl sites for hydroxylation is 2. The lowest BCUT2D eigenvalue weighted by Gasteiger charge is -2.24. The van der Waals surface area contributed by atoms with E-state index in [1.165, 1.54) is 6.33 Å². The summed E-state index contributed by atoms with van der Waals surface area (Å²) in [4.78, 5) is 22.0. The average Bonchev–Trinajstić information content (AvgIpc) is 2.82. The van der Waals surface area contributed by atoms with Gasteiger partial charge in [0.15, 0.2) is 0 Å². The van der Waals surface area contributed by atoms with Crippen LogP contribution in [0.25, 0.3) is 0 Å². The summed E-state index contributed by atoms with van der Waals surface area (Å²) in [6.07, 6.45) is 1.31. The van der Waals surface area contributed by atoms with Gasteiger partial charge in [0.2, 0.25) is 5.82 Å². The standard InChI is InChI=1S/C26H24N4O3/c1-19-13-14-23(15-20(19)2)33-26-24(30(31)32)25(27-18-28-26)29(16-21-9-5-3-6-10-21)17-22-11-7-4-8-12-22/h3-15,18H,16-17H2,1-2H3. The zero-order valence-corrected chi connectivity index (χ0v) is 18.5. The maximum absolute atomic E-state index is 12.2. The quantitative estimate of drug-likeness (QED) is 0.247. The first kappa shape index (κ1) is 22.0. The summed E-state index contributed by atoms with van der Waals surface area (Å²) in [5, 5.41) is 12.2. The van der Waals surface area contributed by atoms with E-state index in [1.54, 1.807) is 6.07 Å². The number of rotatable bonds is 8. The number of nitro groups is 1. The van der Waals surface area contributed by atoms with Crippen molar-refractivity contribution in [3.8, 4) is 11.6 Å². The van der Waals surface area contributed by atoms with Crippen molar-refractivity contribution in [2.75, 3.05) is 4.90 Å². The van der Waals surface area contributed by atoms with E-state index < -0.39 is 4.92 Å². The van der Waals surface area contributed by atoms with Crippen molar-refractivity contribution in [1.82, 2.24) is 9.97 Å². The predicted octanol–water partition coefficient (Wildman–Crippen LogP) is 6.00. The molecular weight excluding hydrogens is 416 g/mol. The van der Waals surface area contributed by atoms with E-state index in [4.69, 9.17) is 4.74 Å². The van der Waals surface area contributed by atoms with Gasteiger partial charge in [0.05, 0.1) is 4.92 Å². The van der Waals surface area contributed by atoms with Gasteiger partial charge in [-0.15, -0.1) is 0 Å². The van der Waals surface area contributed by atoms with Crippen LogP contribution >= 0.6 is 0 Å². The maximum atomic E-state index is 12.2. The molecule has 0 aliphatic carbocycles. The van der Waals surface area contributed by atoms with Gasteiger partial charge in [0.1, 0.15) is 12.1 Å². The zero-order chi connectivity index (χ0) is 23.2. The molecule has 0 spiro atoms. The van der Waals surface area contributed by atoms with Gasteiger partial charge in [0.25, 0.3) is 0 Å². The highest BCUT2D eigenvalue weighted by atomic mass is 16.6. The van der Waals surface area contributed by atoms with Crippen LogP contribution in [-0.2, 0) is 13.1 Å². The van der Waals surface area contributed by atoms with E-state index in [1.807, 2.05) is 91.5 Å². The fraction of sp³-hybridized carbons (Fsp3) is 0.154. The third-order valence-corrected chi connectivity index (χ3v) is 5.38. The van der Waals surface area contributed by atoms with Crippen LogP contribution in [0.3, 0.4) is 0 Å². The SMILES string of the molecule is Cc1ccc(Oc2ncnc(N(Cc3ccccc3)Cc3ccccc3)c2[N+](=O)[O-])cc1C. The van der Waals surface area contributed by atoms with Crippen molar-refractivity contribution in [3.63, 3.8) is 0 Å². The minimum absolute atomic E-state index is 0.0839. The van der Waals surface area contributed by atoms with Gasteiger partial charge in [-0.2, -0.15) is 4.98 Å². The molecule has 0 radical (unpaired) electrons. The van der Waals surface area contributed by atoms with Crippen LogP contribution in [0.1, 0.15) is 22.3 Å². The molecule has 3 aromatic carbocycles. The van der Waals surface area contributed by atoms with Crippen LogP contribution in [0.5, 0.6) is 11.6 Å². The molecule has 0 unspecified atom stereocenters. The molecule has 33 heavy (non-hydrogen) atoms. The molecule has 7 nitrogen and oxygen atoms in total. The molecule has 0 fully saturated rings. The van der Waals surface area contributed by atoms with Gasteiger partial charge in [-0.3, -0.25) is 10.1 Å². The molecule has 4 rings (SSSR count). The Bertz CT molecular complexity index is 1210. The van der Waals surface area contributed by atoms with Crippen LogP contribution in [0.2, 0.25) is 0 Å². The Morgan fingerprint density at radius 1 is 0.848 bits per heavy atom. The number of aromatic nitrogens is 2. The maximum Gasteiger partial charge on any atom is 0.373 e. The number of hydrogen-bond donors (Lipinski definition) is 0. The molecule has 0 saturated carbocycles. The normalized spacial score (nSPS) is 10.6. The van der Waals surface area contributed by atoms with Crippen molar-refractivity contribution in [3.05, 3.63) is 118 Å². The summed E-state index contributed by atoms with van der Waals surface area (Å²) in [5.74, 6) is 0.615. The zero-order valence-electron chi connectivity index (χ0n) is 18.5. The Morgan fingerprint density at radius 2 is 1.45 bits per heavy atom. The molecule has 4 aromatic rings. The highest BCUT2D eigenvalue weighted by molar-refractivity contribution is 5.63. The lowest BCUT2D eigenvalue weighted by atomic mass is 10.1. The van der Waals surface area contributed by atoms with Crippen LogP contribution in [0, 0.1) is 24.0 Å². The van der Waals surface area contributed by atoms with Crippen LogP contribution in [0.4, 0.5) is 11.5 Å². The summed E-state index contributed by atoms with van der Waals surface area (Å²) in [7, 11) is 0. The summed E-state index contributed by atoms with van der Waals surface area (Å²) >= 11 is 0. The molecule has 0 saturated heterocycles. The van der Waals surface area contributed by atoms with Gasteiger partial charge in [0, 0.05) is 13.1 Å². The number of ether oxygens (including phenoxy) is 1. The minimum Gasteiger partial charge on any atom is -0.434 e. The molecule has 1 heterocycles. The molecule has 0 atom stereocenters. The minimum atomic E-state index is -0.477. The van der Waals surface area contributed by atoms with E-state index in [2.05, 4.69) is 9.97 Å². The summed E-state index contributed by atoms with van der Waals surface area (Å²) in [5.41, 5.74) is 3.90. The Kier molecular flexibility index (Phi) is 6.59. The van der Waals surface area contributed by atoms with Crippen LogP contribution in [0.15, 0.2) is 85.2 Å². The van der Waals surface area contributed by atoms with Crippen molar-refractivity contribution < 1.29 is 9.66 Å². The highest BCUT2D eigenvalue weighted by Gasteiger charge is 2.29. The third kappa shape index (κ3) is 5.33. The molecule has 0 aliphatic heterocycles. The van der Waals surface area contributed by atoms with E-state index in [-0.39, 0.29) is 17.4 Å². The second kappa shape index (κ2) is 9.91. The average molecular weight is 441 g/mol. The molecule has 7 heteroatoms. The lowest BCUT2D eigenvalue weighted by Crippen LogP contribution is -2.24. The second-order valence-electron chi connectivity index (χ2n) is 7.78. The van der Waals surface area contributed by atoms with E-state index >= 15 is 0 Å². The largest absolute Gasteiger partial charge is 0.434 e. The first-order valence-corrected chi connectivity index (χ1v) is 10.6. The summed E-state index contributed by atoms with van der Waals surface area (Å²) < 4.78 is 5.88. The van der Waals surface area contributed by atoms with Crippen LogP contribution < -0.4 is 9.64 Å². The smallest absolute Gasteiger partial charge is 0.373 e. The molecule has 0 amide bonds. The van der Waals surface area contributed by atoms with Gasteiger partial charge >= 0.3 is 11.6 Å². The fourth-order valence-corrected chi connectivity index (χ4v) is 3.52. The van der Waals surface area contributed by atoms with Gasteiger partial charge in [-0.1, -0.05) is 66.7 Å². The molecule has 0 N–H and O–H groups in total. The number of nitrogens with zero attached hydrogens (tertiary/aromatic N) is 4. The second-order valence-corrected chi connectivity index (χ2v) is 7.78. The number of benzene rings is 3. The molecule has 166 valence electrons. The Hall–Kier alpha value is -4.26. The van der Waals surface area contributed by atoms with E-state index in [0.717, 1.165) is 22.3 Å². The molecule has 0 aliphatic rings. The van der Waals surface area contributed by atoms with Crippen molar-refractivity contribution in [2.24, 2.45) is 0 Å².